The number of fused-ring (bicyclic) bond motifs is 1. The molecule has 0 saturated heterocycles. The Morgan fingerprint density at radius 3 is 2.08 bits per heavy atom. The van der Waals surface area contributed by atoms with Crippen LogP contribution >= 0.6 is 0 Å². The van der Waals surface area contributed by atoms with Crippen LogP contribution in [-0.2, 0) is 25.6 Å². The molecule has 0 aliphatic rings. The first-order chi connectivity index (χ1) is 17.4. The third-order valence-corrected chi connectivity index (χ3v) is 6.39. The lowest BCUT2D eigenvalue weighted by Gasteiger charge is -2.29. The first-order valence-electron chi connectivity index (χ1n) is 12.2. The van der Waals surface area contributed by atoms with Gasteiger partial charge in [0.1, 0.15) is 24.2 Å². The van der Waals surface area contributed by atoms with Crippen molar-refractivity contribution in [3.8, 4) is 0 Å². The summed E-state index contributed by atoms with van der Waals surface area (Å²) in [6.07, 6.45) is -0.410. The zero-order valence-corrected chi connectivity index (χ0v) is 21.4. The molecule has 7 atom stereocenters. The highest BCUT2D eigenvalue weighted by Gasteiger charge is 2.35. The average Bonchev–Trinajstić information content (AvgIpc) is 3.26. The van der Waals surface area contributed by atoms with Gasteiger partial charge in [-0.2, -0.15) is 0 Å². The number of hydrogen-bond acceptors (Lipinski definition) is 7. The molecule has 0 radical (unpaired) electrons. The van der Waals surface area contributed by atoms with Crippen molar-refractivity contribution in [2.24, 2.45) is 11.7 Å². The Bertz CT molecular complexity index is 1100. The summed E-state index contributed by atoms with van der Waals surface area (Å²) in [5.74, 6) is -4.07. The van der Waals surface area contributed by atoms with Crippen LogP contribution in [0.5, 0.6) is 0 Å². The second-order valence-electron chi connectivity index (χ2n) is 9.33. The van der Waals surface area contributed by atoms with Gasteiger partial charge >= 0.3 is 5.97 Å². The van der Waals surface area contributed by atoms with Crippen molar-refractivity contribution in [2.45, 2.75) is 76.9 Å². The Balaban J connectivity index is 2.18. The highest BCUT2D eigenvalue weighted by Crippen LogP contribution is 2.19. The molecule has 12 heteroatoms. The molecular weight excluding hydrogens is 482 g/mol. The van der Waals surface area contributed by atoms with Crippen molar-refractivity contribution in [2.75, 3.05) is 0 Å². The SMILES string of the molecule is CCC(C)C(NC(=O)C(N)C(C)O)C(=O)NC(C(=O)NC(Cc1c[nH]c2ccccc12)C(=O)O)C(C)O. The van der Waals surface area contributed by atoms with E-state index in [1.807, 2.05) is 24.3 Å². The standard InChI is InChI=1S/C25H37N5O7/c1-5-12(2)20(29-22(33)19(26)13(3)31)23(34)30-21(14(4)32)24(35)28-18(25(36)37)10-15-11-27-17-9-7-6-8-16(15)17/h6-9,11-14,18-21,27,31-32H,5,10,26H2,1-4H3,(H,28,35)(H,29,33)(H,30,34)(H,36,37). The van der Waals surface area contributed by atoms with E-state index >= 15 is 0 Å². The molecular formula is C25H37N5O7. The molecule has 1 heterocycles. The number of carbonyl (C=O) groups is 4. The number of H-pyrrole nitrogens is 1. The molecule has 7 unspecified atom stereocenters. The van der Waals surface area contributed by atoms with E-state index in [9.17, 15) is 34.5 Å². The smallest absolute Gasteiger partial charge is 0.326 e. The minimum absolute atomic E-state index is 0.0334. The molecule has 12 nitrogen and oxygen atoms in total. The number of hydrogen-bond donors (Lipinski definition) is 8. The van der Waals surface area contributed by atoms with E-state index < -0.39 is 60.1 Å². The Kier molecular flexibility index (Phi) is 10.6. The zero-order chi connectivity index (χ0) is 27.9. The predicted molar refractivity (Wildman–Crippen MR) is 136 cm³/mol. The molecule has 0 bridgehead atoms. The summed E-state index contributed by atoms with van der Waals surface area (Å²) < 4.78 is 0. The Labute approximate surface area is 215 Å². The molecule has 1 aromatic heterocycles. The highest BCUT2D eigenvalue weighted by molar-refractivity contribution is 5.95. The monoisotopic (exact) mass is 519 g/mol. The van der Waals surface area contributed by atoms with Gasteiger partial charge < -0.3 is 42.0 Å². The van der Waals surface area contributed by atoms with Crippen LogP contribution in [0.4, 0.5) is 0 Å². The maximum Gasteiger partial charge on any atom is 0.326 e. The normalized spacial score (nSPS) is 17.1. The van der Waals surface area contributed by atoms with E-state index in [4.69, 9.17) is 5.73 Å². The lowest BCUT2D eigenvalue weighted by atomic mass is 9.96. The minimum atomic E-state index is -1.49. The first kappa shape index (κ1) is 29.7. The Hall–Kier alpha value is -3.48. The third kappa shape index (κ3) is 7.75. The number of aliphatic carboxylic acids is 1. The molecule has 2 aromatic rings. The largest absolute Gasteiger partial charge is 0.480 e. The molecule has 2 rings (SSSR count). The van der Waals surface area contributed by atoms with Gasteiger partial charge in [0.15, 0.2) is 0 Å². The number of benzene rings is 1. The topological polar surface area (TPSA) is 207 Å². The third-order valence-electron chi connectivity index (χ3n) is 6.39. The van der Waals surface area contributed by atoms with Gasteiger partial charge in [-0.3, -0.25) is 14.4 Å². The van der Waals surface area contributed by atoms with Gasteiger partial charge in [0.05, 0.1) is 12.2 Å². The van der Waals surface area contributed by atoms with Gasteiger partial charge in [0.25, 0.3) is 0 Å². The van der Waals surface area contributed by atoms with Crippen LogP contribution in [0, 0.1) is 5.92 Å². The number of nitrogens with two attached hydrogens (primary N) is 1. The van der Waals surface area contributed by atoms with E-state index in [-0.39, 0.29) is 12.3 Å². The van der Waals surface area contributed by atoms with Crippen molar-refractivity contribution in [1.82, 2.24) is 20.9 Å². The number of amides is 3. The van der Waals surface area contributed by atoms with E-state index in [2.05, 4.69) is 20.9 Å². The van der Waals surface area contributed by atoms with Crippen molar-refractivity contribution in [3.05, 3.63) is 36.0 Å². The fraction of sp³-hybridized carbons (Fsp3) is 0.520. The minimum Gasteiger partial charge on any atom is -0.480 e. The predicted octanol–water partition coefficient (Wildman–Crippen LogP) is -0.616. The summed E-state index contributed by atoms with van der Waals surface area (Å²) in [5, 5.41) is 37.7. The molecule has 0 aliphatic carbocycles. The van der Waals surface area contributed by atoms with Crippen LogP contribution in [0.15, 0.2) is 30.5 Å². The first-order valence-corrected chi connectivity index (χ1v) is 12.2. The second kappa shape index (κ2) is 13.2. The maximum absolute atomic E-state index is 13.1. The van der Waals surface area contributed by atoms with Gasteiger partial charge in [0.2, 0.25) is 17.7 Å². The number of rotatable bonds is 13. The van der Waals surface area contributed by atoms with Gasteiger partial charge in [-0.25, -0.2) is 4.79 Å². The maximum atomic E-state index is 13.1. The quantitative estimate of drug-likeness (QED) is 0.171. The summed E-state index contributed by atoms with van der Waals surface area (Å²) in [5.41, 5.74) is 7.16. The number of carboxylic acid groups (broad SMARTS) is 1. The van der Waals surface area contributed by atoms with Crippen LogP contribution in [0.25, 0.3) is 10.9 Å². The lowest BCUT2D eigenvalue weighted by Crippen LogP contribution is -2.61. The number of carboxylic acids is 1. The number of para-hydroxylation sites is 1. The van der Waals surface area contributed by atoms with Crippen LogP contribution in [0.1, 0.15) is 39.7 Å². The van der Waals surface area contributed by atoms with Crippen LogP contribution in [0.2, 0.25) is 0 Å². The fourth-order valence-corrected chi connectivity index (χ4v) is 3.80. The van der Waals surface area contributed by atoms with Crippen LogP contribution in [-0.4, -0.2) is 80.4 Å². The highest BCUT2D eigenvalue weighted by atomic mass is 16.4. The number of aliphatic hydroxyl groups excluding tert-OH is 2. The van der Waals surface area contributed by atoms with E-state index in [0.29, 0.717) is 12.0 Å². The van der Waals surface area contributed by atoms with Crippen molar-refractivity contribution in [3.63, 3.8) is 0 Å². The average molecular weight is 520 g/mol. The number of aromatic amines is 1. The molecule has 0 fully saturated rings. The number of nitrogens with one attached hydrogen (secondary N) is 4. The van der Waals surface area contributed by atoms with E-state index in [1.165, 1.54) is 13.8 Å². The molecule has 3 amide bonds. The zero-order valence-electron chi connectivity index (χ0n) is 21.4. The molecule has 0 aliphatic heterocycles. The van der Waals surface area contributed by atoms with Gasteiger partial charge in [-0.15, -0.1) is 0 Å². The number of aromatic nitrogens is 1. The number of carbonyl (C=O) groups excluding carboxylic acids is 3. The summed E-state index contributed by atoms with van der Waals surface area (Å²) in [6, 6.07) is 2.11. The van der Waals surface area contributed by atoms with Crippen molar-refractivity contribution >= 4 is 34.6 Å². The summed E-state index contributed by atoms with van der Waals surface area (Å²) >= 11 is 0. The summed E-state index contributed by atoms with van der Waals surface area (Å²) in [6.45, 7) is 6.12. The molecule has 9 N–H and O–H groups in total. The van der Waals surface area contributed by atoms with Gasteiger partial charge in [-0.1, -0.05) is 38.5 Å². The van der Waals surface area contributed by atoms with E-state index in [1.54, 1.807) is 20.0 Å². The van der Waals surface area contributed by atoms with Crippen LogP contribution < -0.4 is 21.7 Å². The fourth-order valence-electron chi connectivity index (χ4n) is 3.80. The van der Waals surface area contributed by atoms with Crippen molar-refractivity contribution in [1.29, 1.82) is 0 Å². The molecule has 0 saturated carbocycles. The Morgan fingerprint density at radius 2 is 1.51 bits per heavy atom. The lowest BCUT2D eigenvalue weighted by molar-refractivity contribution is -0.143. The Morgan fingerprint density at radius 1 is 0.919 bits per heavy atom. The summed E-state index contributed by atoms with van der Waals surface area (Å²) in [4.78, 5) is 53.4. The van der Waals surface area contributed by atoms with Gasteiger partial charge in [0, 0.05) is 23.5 Å². The molecule has 204 valence electrons. The number of aliphatic hydroxyl groups is 2. The second-order valence-corrected chi connectivity index (χ2v) is 9.33. The summed E-state index contributed by atoms with van der Waals surface area (Å²) in [7, 11) is 0. The van der Waals surface area contributed by atoms with Crippen molar-refractivity contribution < 1.29 is 34.5 Å². The molecule has 1 aromatic carbocycles. The molecule has 0 spiro atoms. The van der Waals surface area contributed by atoms with E-state index in [0.717, 1.165) is 10.9 Å². The van der Waals surface area contributed by atoms with Gasteiger partial charge in [-0.05, 0) is 31.4 Å². The van der Waals surface area contributed by atoms with Crippen LogP contribution in [0.3, 0.4) is 0 Å². The molecule has 37 heavy (non-hydrogen) atoms.